The van der Waals surface area contributed by atoms with Gasteiger partial charge in [0.05, 0.1) is 19.3 Å². The van der Waals surface area contributed by atoms with Crippen molar-refractivity contribution in [3.63, 3.8) is 0 Å². The number of amides is 1. The third-order valence-corrected chi connectivity index (χ3v) is 3.53. The zero-order chi connectivity index (χ0) is 17.0. The lowest BCUT2D eigenvalue weighted by molar-refractivity contribution is 0.0600. The number of carbonyl (C=O) groups excluding carboxylic acids is 2. The number of aliphatic hydroxyl groups excluding tert-OH is 1. The minimum absolute atomic E-state index is 0.110. The summed E-state index contributed by atoms with van der Waals surface area (Å²) in [5.41, 5.74) is 3.06. The summed E-state index contributed by atoms with van der Waals surface area (Å²) in [6.45, 7) is -0.164. The van der Waals surface area contributed by atoms with Gasteiger partial charge >= 0.3 is 5.97 Å². The first-order valence-corrected chi connectivity index (χ1v) is 7.12. The second kappa shape index (κ2) is 7.07. The molecule has 5 nitrogen and oxygen atoms in total. The molecule has 2 aromatic rings. The molecule has 5 heteroatoms. The van der Waals surface area contributed by atoms with Gasteiger partial charge in [0, 0.05) is 19.7 Å². The van der Waals surface area contributed by atoms with E-state index in [1.807, 2.05) is 6.07 Å². The molecule has 0 bridgehead atoms. The Bertz CT molecular complexity index is 738. The molecule has 0 fully saturated rings. The smallest absolute Gasteiger partial charge is 0.337 e. The van der Waals surface area contributed by atoms with Crippen LogP contribution >= 0.6 is 0 Å². The van der Waals surface area contributed by atoms with Crippen LogP contribution in [0, 0.1) is 0 Å². The van der Waals surface area contributed by atoms with Gasteiger partial charge in [-0.2, -0.15) is 0 Å². The highest BCUT2D eigenvalue weighted by Gasteiger charge is 2.13. The Morgan fingerprint density at radius 1 is 1.09 bits per heavy atom. The fourth-order valence-electron chi connectivity index (χ4n) is 2.31. The fourth-order valence-corrected chi connectivity index (χ4v) is 2.31. The summed E-state index contributed by atoms with van der Waals surface area (Å²) in [7, 11) is 4.69. The monoisotopic (exact) mass is 313 g/mol. The number of benzene rings is 2. The molecule has 0 spiro atoms. The molecule has 0 aliphatic rings. The maximum absolute atomic E-state index is 12.1. The first-order chi connectivity index (χ1) is 11.0. The molecule has 0 aliphatic carbocycles. The van der Waals surface area contributed by atoms with E-state index in [4.69, 9.17) is 4.74 Å². The summed E-state index contributed by atoms with van der Waals surface area (Å²) in [6.07, 6.45) is 0. The van der Waals surface area contributed by atoms with E-state index in [9.17, 15) is 14.7 Å². The first kappa shape index (κ1) is 16.7. The minimum Gasteiger partial charge on any atom is -0.465 e. The molecule has 1 amide bonds. The molecule has 0 aliphatic heterocycles. The number of esters is 1. The molecule has 0 saturated carbocycles. The summed E-state index contributed by atoms with van der Waals surface area (Å²) in [5, 5.41) is 9.54. The molecular weight excluding hydrogens is 294 g/mol. The van der Waals surface area contributed by atoms with Crippen LogP contribution in [0.1, 0.15) is 26.3 Å². The van der Waals surface area contributed by atoms with Crippen LogP contribution in [0.2, 0.25) is 0 Å². The lowest BCUT2D eigenvalue weighted by atomic mass is 9.96. The number of nitrogens with zero attached hydrogens (tertiary/aromatic N) is 1. The van der Waals surface area contributed by atoms with Crippen LogP contribution < -0.4 is 0 Å². The Balaban J connectivity index is 2.54. The SMILES string of the molecule is COC(=O)c1ccc(CO)c(-c2cccc(C(=O)N(C)C)c2)c1. The van der Waals surface area contributed by atoms with Crippen molar-refractivity contribution in [2.75, 3.05) is 21.2 Å². The van der Waals surface area contributed by atoms with Crippen LogP contribution in [0.5, 0.6) is 0 Å². The second-order valence-electron chi connectivity index (χ2n) is 5.30. The molecule has 0 unspecified atom stereocenters. The van der Waals surface area contributed by atoms with Crippen LogP contribution in [0.4, 0.5) is 0 Å². The Labute approximate surface area is 135 Å². The highest BCUT2D eigenvalue weighted by Crippen LogP contribution is 2.27. The quantitative estimate of drug-likeness (QED) is 0.880. The van der Waals surface area contributed by atoms with Crippen LogP contribution in [0.3, 0.4) is 0 Å². The normalized spacial score (nSPS) is 10.3. The molecule has 1 N–H and O–H groups in total. The average Bonchev–Trinajstić information content (AvgIpc) is 2.59. The molecule has 0 atom stereocenters. The van der Waals surface area contributed by atoms with Crippen LogP contribution in [0.25, 0.3) is 11.1 Å². The van der Waals surface area contributed by atoms with Gasteiger partial charge in [0.25, 0.3) is 5.91 Å². The molecule has 0 aromatic heterocycles. The lowest BCUT2D eigenvalue weighted by Gasteiger charge is -2.13. The Hall–Kier alpha value is -2.66. The van der Waals surface area contributed by atoms with Crippen molar-refractivity contribution in [3.8, 4) is 11.1 Å². The predicted octanol–water partition coefficient (Wildman–Crippen LogP) is 2.33. The van der Waals surface area contributed by atoms with Crippen molar-refractivity contribution in [2.45, 2.75) is 6.61 Å². The molecule has 0 heterocycles. The van der Waals surface area contributed by atoms with Crippen LogP contribution in [-0.2, 0) is 11.3 Å². The van der Waals surface area contributed by atoms with Crippen molar-refractivity contribution in [1.29, 1.82) is 0 Å². The Morgan fingerprint density at radius 3 is 2.43 bits per heavy atom. The van der Waals surface area contributed by atoms with Gasteiger partial charge < -0.3 is 14.7 Å². The zero-order valence-corrected chi connectivity index (χ0v) is 13.4. The van der Waals surface area contributed by atoms with E-state index in [1.54, 1.807) is 50.5 Å². The van der Waals surface area contributed by atoms with E-state index in [0.29, 0.717) is 22.3 Å². The van der Waals surface area contributed by atoms with Crippen molar-refractivity contribution >= 4 is 11.9 Å². The molecular formula is C18H19NO4. The topological polar surface area (TPSA) is 66.8 Å². The standard InChI is InChI=1S/C18H19NO4/c1-19(2)17(21)13-6-4-5-12(9-13)16-10-14(18(22)23-3)7-8-15(16)11-20/h4-10,20H,11H2,1-3H3. The maximum atomic E-state index is 12.1. The average molecular weight is 313 g/mol. The van der Waals surface area contributed by atoms with E-state index < -0.39 is 5.97 Å². The molecule has 23 heavy (non-hydrogen) atoms. The second-order valence-corrected chi connectivity index (χ2v) is 5.30. The van der Waals surface area contributed by atoms with Gasteiger partial charge in [0.15, 0.2) is 0 Å². The van der Waals surface area contributed by atoms with Crippen LogP contribution in [0.15, 0.2) is 42.5 Å². The van der Waals surface area contributed by atoms with Gasteiger partial charge in [-0.05, 0) is 41.0 Å². The number of hydrogen-bond acceptors (Lipinski definition) is 4. The first-order valence-electron chi connectivity index (χ1n) is 7.12. The molecule has 0 saturated heterocycles. The molecule has 120 valence electrons. The maximum Gasteiger partial charge on any atom is 0.337 e. The summed E-state index contributed by atoms with van der Waals surface area (Å²) in [5.74, 6) is -0.558. The van der Waals surface area contributed by atoms with E-state index in [2.05, 4.69) is 0 Å². The van der Waals surface area contributed by atoms with Crippen molar-refractivity contribution in [2.24, 2.45) is 0 Å². The van der Waals surface area contributed by atoms with E-state index in [1.165, 1.54) is 12.0 Å². The van der Waals surface area contributed by atoms with Crippen LogP contribution in [-0.4, -0.2) is 43.1 Å². The number of methoxy groups -OCH3 is 1. The van der Waals surface area contributed by atoms with Gasteiger partial charge in [0.1, 0.15) is 0 Å². The van der Waals surface area contributed by atoms with E-state index in [0.717, 1.165) is 5.56 Å². The predicted molar refractivity (Wildman–Crippen MR) is 87.2 cm³/mol. The summed E-state index contributed by atoms with van der Waals surface area (Å²) >= 11 is 0. The van der Waals surface area contributed by atoms with Gasteiger partial charge in [-0.25, -0.2) is 4.79 Å². The third-order valence-electron chi connectivity index (χ3n) is 3.53. The number of carbonyl (C=O) groups is 2. The Kier molecular flexibility index (Phi) is 5.13. The number of hydrogen-bond donors (Lipinski definition) is 1. The van der Waals surface area contributed by atoms with Gasteiger partial charge in [0.2, 0.25) is 0 Å². The van der Waals surface area contributed by atoms with Crippen molar-refractivity contribution in [1.82, 2.24) is 4.90 Å². The molecule has 2 aromatic carbocycles. The summed E-state index contributed by atoms with van der Waals surface area (Å²) < 4.78 is 4.73. The Morgan fingerprint density at radius 2 is 1.83 bits per heavy atom. The van der Waals surface area contributed by atoms with E-state index >= 15 is 0 Å². The molecule has 2 rings (SSSR count). The number of rotatable bonds is 4. The zero-order valence-electron chi connectivity index (χ0n) is 13.4. The highest BCUT2D eigenvalue weighted by atomic mass is 16.5. The van der Waals surface area contributed by atoms with Gasteiger partial charge in [-0.3, -0.25) is 4.79 Å². The summed E-state index contributed by atoms with van der Waals surface area (Å²) in [6, 6.07) is 12.0. The van der Waals surface area contributed by atoms with Gasteiger partial charge in [-0.15, -0.1) is 0 Å². The number of aliphatic hydroxyl groups is 1. The third kappa shape index (κ3) is 3.57. The molecule has 0 radical (unpaired) electrons. The fraction of sp³-hybridized carbons (Fsp3) is 0.222. The van der Waals surface area contributed by atoms with E-state index in [-0.39, 0.29) is 12.5 Å². The highest BCUT2D eigenvalue weighted by molar-refractivity contribution is 5.96. The van der Waals surface area contributed by atoms with Crippen molar-refractivity contribution < 1.29 is 19.4 Å². The largest absolute Gasteiger partial charge is 0.465 e. The lowest BCUT2D eigenvalue weighted by Crippen LogP contribution is -2.21. The van der Waals surface area contributed by atoms with Gasteiger partial charge in [-0.1, -0.05) is 18.2 Å². The number of ether oxygens (including phenoxy) is 1. The minimum atomic E-state index is -0.448. The van der Waals surface area contributed by atoms with Crippen molar-refractivity contribution in [3.05, 3.63) is 59.2 Å². The summed E-state index contributed by atoms with van der Waals surface area (Å²) in [4.78, 5) is 25.3.